The first-order chi connectivity index (χ1) is 15.7. The molecule has 0 saturated carbocycles. The molecular weight excluding hydrogens is 534 g/mol. The lowest BCUT2D eigenvalue weighted by atomic mass is 10.1. The van der Waals surface area contributed by atoms with Gasteiger partial charge >= 0.3 is 5.97 Å². The van der Waals surface area contributed by atoms with E-state index in [1.807, 2.05) is 0 Å². The van der Waals surface area contributed by atoms with Gasteiger partial charge in [-0.2, -0.15) is 14.6 Å². The molecule has 8 nitrogen and oxygen atoms in total. The summed E-state index contributed by atoms with van der Waals surface area (Å²) in [5.74, 6) is 0.0604. The average molecular weight is 549 g/mol. The molecule has 11 heteroatoms. The molecule has 2 aromatic carbocycles. The Labute approximate surface area is 204 Å². The number of hydrogen-bond donors (Lipinski definition) is 0. The Balaban J connectivity index is 1.77. The van der Waals surface area contributed by atoms with Gasteiger partial charge < -0.3 is 9.47 Å². The molecule has 0 atom stereocenters. The highest BCUT2D eigenvalue weighted by molar-refractivity contribution is 9.10. The van der Waals surface area contributed by atoms with Gasteiger partial charge in [-0.3, -0.25) is 14.4 Å². The van der Waals surface area contributed by atoms with Gasteiger partial charge in [0.25, 0.3) is 11.1 Å². The molecular formula is C22H15BrClN3O5S. The maximum Gasteiger partial charge on any atom is 0.308 e. The largest absolute Gasteiger partial charge is 0.493 e. The number of nitrogens with zero attached hydrogens (tertiary/aromatic N) is 3. The SMILES string of the molecule is COc1cc(/C=c2\sc3nc(=O)c(Cc4ccc(Cl)cc4)nn3c2=O)cc(Br)c1OC(C)=O. The van der Waals surface area contributed by atoms with E-state index in [0.29, 0.717) is 25.3 Å². The Hall–Kier alpha value is -3.08. The van der Waals surface area contributed by atoms with Gasteiger partial charge in [-0.1, -0.05) is 35.1 Å². The van der Waals surface area contributed by atoms with E-state index in [0.717, 1.165) is 21.4 Å². The fourth-order valence-corrected chi connectivity index (χ4v) is 4.64. The van der Waals surface area contributed by atoms with Crippen LogP contribution in [-0.2, 0) is 11.2 Å². The molecule has 0 fully saturated rings. The zero-order valence-electron chi connectivity index (χ0n) is 17.3. The van der Waals surface area contributed by atoms with Crippen LogP contribution in [0.15, 0.2) is 50.5 Å². The summed E-state index contributed by atoms with van der Waals surface area (Å²) in [4.78, 5) is 41.0. The van der Waals surface area contributed by atoms with E-state index in [9.17, 15) is 14.4 Å². The van der Waals surface area contributed by atoms with Crippen molar-refractivity contribution < 1.29 is 14.3 Å². The molecule has 0 bridgehead atoms. The maximum atomic E-state index is 13.0. The molecule has 33 heavy (non-hydrogen) atoms. The fraction of sp³-hybridized carbons (Fsp3) is 0.136. The summed E-state index contributed by atoms with van der Waals surface area (Å²) in [5.41, 5.74) is 0.700. The van der Waals surface area contributed by atoms with E-state index in [1.165, 1.54) is 14.0 Å². The lowest BCUT2D eigenvalue weighted by Crippen LogP contribution is -2.28. The molecule has 2 aromatic heterocycles. The highest BCUT2D eigenvalue weighted by Gasteiger charge is 2.15. The van der Waals surface area contributed by atoms with Crippen LogP contribution in [0.2, 0.25) is 5.02 Å². The summed E-state index contributed by atoms with van der Waals surface area (Å²) >= 11 is 10.3. The Morgan fingerprint density at radius 3 is 2.64 bits per heavy atom. The number of rotatable bonds is 5. The quantitative estimate of drug-likeness (QED) is 0.279. The molecule has 0 spiro atoms. The minimum Gasteiger partial charge on any atom is -0.493 e. The van der Waals surface area contributed by atoms with Gasteiger partial charge in [0.1, 0.15) is 5.69 Å². The summed E-state index contributed by atoms with van der Waals surface area (Å²) in [6, 6.07) is 10.3. The maximum absolute atomic E-state index is 13.0. The second-order valence-corrected chi connectivity index (χ2v) is 9.20. The smallest absolute Gasteiger partial charge is 0.308 e. The van der Waals surface area contributed by atoms with Crippen molar-refractivity contribution in [2.24, 2.45) is 0 Å². The molecule has 2 heterocycles. The number of carbonyl (C=O) groups excluding carboxylic acids is 1. The second-order valence-electron chi connectivity index (χ2n) is 6.90. The van der Waals surface area contributed by atoms with Crippen molar-refractivity contribution in [2.75, 3.05) is 7.11 Å². The third-order valence-electron chi connectivity index (χ3n) is 4.53. The summed E-state index contributed by atoms with van der Waals surface area (Å²) < 4.78 is 12.4. The highest BCUT2D eigenvalue weighted by Crippen LogP contribution is 2.37. The Morgan fingerprint density at radius 1 is 1.24 bits per heavy atom. The lowest BCUT2D eigenvalue weighted by Gasteiger charge is -2.10. The number of hydrogen-bond acceptors (Lipinski definition) is 8. The van der Waals surface area contributed by atoms with Crippen LogP contribution in [0.4, 0.5) is 0 Å². The molecule has 0 aliphatic carbocycles. The molecule has 0 unspecified atom stereocenters. The number of halogens is 2. The van der Waals surface area contributed by atoms with Crippen LogP contribution in [-0.4, -0.2) is 27.7 Å². The molecule has 0 aliphatic rings. The van der Waals surface area contributed by atoms with Gasteiger partial charge in [-0.25, -0.2) is 0 Å². The van der Waals surface area contributed by atoms with E-state index in [1.54, 1.807) is 42.5 Å². The fourth-order valence-electron chi connectivity index (χ4n) is 3.06. The molecule has 0 amide bonds. The first-order valence-corrected chi connectivity index (χ1v) is 11.5. The van der Waals surface area contributed by atoms with Crippen LogP contribution < -0.4 is 25.1 Å². The molecule has 0 N–H and O–H groups in total. The minimum atomic E-state index is -0.493. The molecule has 4 rings (SSSR count). The molecule has 0 aliphatic heterocycles. The van der Waals surface area contributed by atoms with E-state index >= 15 is 0 Å². The molecule has 0 saturated heterocycles. The van der Waals surface area contributed by atoms with E-state index in [2.05, 4.69) is 26.0 Å². The third kappa shape index (κ3) is 4.97. The van der Waals surface area contributed by atoms with E-state index in [4.69, 9.17) is 21.1 Å². The van der Waals surface area contributed by atoms with E-state index < -0.39 is 17.1 Å². The van der Waals surface area contributed by atoms with Crippen molar-refractivity contribution in [2.45, 2.75) is 13.3 Å². The summed E-state index contributed by atoms with van der Waals surface area (Å²) in [6.45, 7) is 1.29. The number of methoxy groups -OCH3 is 1. The van der Waals surface area contributed by atoms with Crippen LogP contribution >= 0.6 is 38.9 Å². The van der Waals surface area contributed by atoms with Crippen LogP contribution in [0, 0.1) is 0 Å². The minimum absolute atomic E-state index is 0.159. The predicted octanol–water partition coefficient (Wildman–Crippen LogP) is 3.00. The van der Waals surface area contributed by atoms with Crippen molar-refractivity contribution in [3.05, 3.63) is 88.0 Å². The van der Waals surface area contributed by atoms with Crippen LogP contribution in [0.5, 0.6) is 11.5 Å². The van der Waals surface area contributed by atoms with Gasteiger partial charge in [-0.05, 0) is 57.4 Å². The number of ether oxygens (including phenoxy) is 2. The van der Waals surface area contributed by atoms with Gasteiger partial charge in [0.05, 0.1) is 16.1 Å². The van der Waals surface area contributed by atoms with Gasteiger partial charge in [0.2, 0.25) is 4.96 Å². The van der Waals surface area contributed by atoms with Crippen molar-refractivity contribution in [3.8, 4) is 11.5 Å². The second kappa shape index (κ2) is 9.42. The van der Waals surface area contributed by atoms with Crippen molar-refractivity contribution in [3.63, 3.8) is 0 Å². The lowest BCUT2D eigenvalue weighted by molar-refractivity contribution is -0.132. The monoisotopic (exact) mass is 547 g/mol. The average Bonchev–Trinajstić information content (AvgIpc) is 3.05. The van der Waals surface area contributed by atoms with Gasteiger partial charge in [0, 0.05) is 18.4 Å². The number of aromatic nitrogens is 3. The number of esters is 1. The highest BCUT2D eigenvalue weighted by atomic mass is 79.9. The zero-order chi connectivity index (χ0) is 23.7. The molecule has 4 aromatic rings. The Bertz CT molecular complexity index is 1550. The van der Waals surface area contributed by atoms with Gasteiger partial charge in [-0.15, -0.1) is 0 Å². The summed E-state index contributed by atoms with van der Waals surface area (Å²) in [6.07, 6.45) is 1.85. The zero-order valence-corrected chi connectivity index (χ0v) is 20.5. The molecule has 168 valence electrons. The van der Waals surface area contributed by atoms with Crippen molar-refractivity contribution >= 4 is 55.9 Å². The number of benzene rings is 2. The summed E-state index contributed by atoms with van der Waals surface area (Å²) in [7, 11) is 1.44. The summed E-state index contributed by atoms with van der Waals surface area (Å²) in [5, 5.41) is 4.83. The van der Waals surface area contributed by atoms with Crippen LogP contribution in [0.1, 0.15) is 23.7 Å². The van der Waals surface area contributed by atoms with Crippen LogP contribution in [0.3, 0.4) is 0 Å². The van der Waals surface area contributed by atoms with E-state index in [-0.39, 0.29) is 22.8 Å². The van der Waals surface area contributed by atoms with Crippen molar-refractivity contribution in [1.29, 1.82) is 0 Å². The Kier molecular flexibility index (Phi) is 6.59. The predicted molar refractivity (Wildman–Crippen MR) is 128 cm³/mol. The topological polar surface area (TPSA) is 99.9 Å². The van der Waals surface area contributed by atoms with Crippen molar-refractivity contribution in [1.82, 2.24) is 14.6 Å². The van der Waals surface area contributed by atoms with Crippen LogP contribution in [0.25, 0.3) is 11.0 Å². The van der Waals surface area contributed by atoms with Gasteiger partial charge in [0.15, 0.2) is 11.5 Å². The third-order valence-corrected chi connectivity index (χ3v) is 6.33. The first kappa shape index (κ1) is 23.1. The number of carbonyl (C=O) groups is 1. The Morgan fingerprint density at radius 2 is 1.97 bits per heavy atom. The number of thiazole rings is 1. The molecule has 0 radical (unpaired) electrons. The number of fused-ring (bicyclic) bond motifs is 1. The first-order valence-electron chi connectivity index (χ1n) is 9.50. The normalized spacial score (nSPS) is 11.7. The standard InChI is InChI=1S/C22H15BrClN3O5S/c1-11(28)32-19-15(23)7-13(9-17(19)31-2)10-18-21(30)27-22(33-18)25-20(29)16(26-27)8-12-3-5-14(24)6-4-12/h3-7,9-10H,8H2,1-2H3/b18-10-.